The number of aryl methyl sites for hydroxylation is 2. The van der Waals surface area contributed by atoms with Crippen LogP contribution in [0.2, 0.25) is 0 Å². The van der Waals surface area contributed by atoms with Gasteiger partial charge in [0.15, 0.2) is 0 Å². The quantitative estimate of drug-likeness (QED) is 0.396. The zero-order valence-corrected chi connectivity index (χ0v) is 19.4. The van der Waals surface area contributed by atoms with Gasteiger partial charge in [-0.2, -0.15) is 0 Å². The summed E-state index contributed by atoms with van der Waals surface area (Å²) in [4.78, 5) is 22.5. The van der Waals surface area contributed by atoms with Crippen molar-refractivity contribution in [1.29, 1.82) is 0 Å². The Morgan fingerprint density at radius 2 is 1.94 bits per heavy atom. The number of hydrogen-bond donors (Lipinski definition) is 3. The molecule has 0 spiro atoms. The minimum absolute atomic E-state index is 0.175. The van der Waals surface area contributed by atoms with Gasteiger partial charge in [-0.3, -0.25) is 4.79 Å². The van der Waals surface area contributed by atoms with Gasteiger partial charge in [0.2, 0.25) is 0 Å². The molecule has 2 heterocycles. The number of carbonyl (C=O) groups excluding carboxylic acids is 1. The van der Waals surface area contributed by atoms with Crippen molar-refractivity contribution in [3.8, 4) is 0 Å². The summed E-state index contributed by atoms with van der Waals surface area (Å²) < 4.78 is 0. The van der Waals surface area contributed by atoms with Crippen LogP contribution in [0.1, 0.15) is 38.5 Å². The Kier molecular flexibility index (Phi) is 5.96. The van der Waals surface area contributed by atoms with Gasteiger partial charge in [-0.25, -0.2) is 9.97 Å². The number of hydrogen-bond acceptors (Lipinski definition) is 6. The number of nitrogen functional groups attached to an aromatic ring is 1. The lowest BCUT2D eigenvalue weighted by molar-refractivity contribution is 0.0959. The Balaban J connectivity index is 1.14. The third-order valence-corrected chi connectivity index (χ3v) is 7.22. The van der Waals surface area contributed by atoms with Crippen LogP contribution in [0.3, 0.4) is 0 Å². The highest BCUT2D eigenvalue weighted by Gasteiger charge is 2.19. The first kappa shape index (κ1) is 21.4. The monoisotopic (exact) mass is 457 g/mol. The van der Waals surface area contributed by atoms with Crippen LogP contribution in [-0.4, -0.2) is 28.5 Å². The SMILES string of the molecule is Cc1cnc2c(N)c(C(=O)NCCc3ccc(NC4CCc5ccccc5C4)cc3)sc2n1. The highest BCUT2D eigenvalue weighted by Crippen LogP contribution is 2.30. The summed E-state index contributed by atoms with van der Waals surface area (Å²) in [6.45, 7) is 2.41. The van der Waals surface area contributed by atoms with Crippen molar-refractivity contribution in [2.75, 3.05) is 17.6 Å². The summed E-state index contributed by atoms with van der Waals surface area (Å²) in [5.41, 5.74) is 13.2. The smallest absolute Gasteiger partial charge is 0.263 e. The molecule has 2 aromatic carbocycles. The number of nitrogens with zero attached hydrogens (tertiary/aromatic N) is 2. The molecule has 0 aliphatic heterocycles. The van der Waals surface area contributed by atoms with Crippen LogP contribution in [0.4, 0.5) is 11.4 Å². The summed E-state index contributed by atoms with van der Waals surface area (Å²) >= 11 is 1.29. The molecular formula is C26H27N5OS. The lowest BCUT2D eigenvalue weighted by atomic mass is 9.88. The van der Waals surface area contributed by atoms with Crippen molar-refractivity contribution in [3.05, 3.63) is 82.0 Å². The Hall–Kier alpha value is -3.45. The van der Waals surface area contributed by atoms with Gasteiger partial charge in [0, 0.05) is 24.5 Å². The zero-order valence-electron chi connectivity index (χ0n) is 18.6. The van der Waals surface area contributed by atoms with Gasteiger partial charge in [-0.15, -0.1) is 11.3 Å². The second-order valence-electron chi connectivity index (χ2n) is 8.57. The van der Waals surface area contributed by atoms with Crippen molar-refractivity contribution in [3.63, 3.8) is 0 Å². The average molecular weight is 458 g/mol. The average Bonchev–Trinajstić information content (AvgIpc) is 3.15. The molecule has 2 aromatic heterocycles. The first-order valence-corrected chi connectivity index (χ1v) is 12.1. The standard InChI is InChI=1S/C26H27N5OS/c1-16-15-29-23-22(27)24(33-26(23)30-16)25(32)28-13-12-17-6-9-20(10-7-17)31-21-11-8-18-4-2-3-5-19(18)14-21/h2-7,9-10,15,21,31H,8,11-14,27H2,1H3,(H,28,32). The summed E-state index contributed by atoms with van der Waals surface area (Å²) in [5, 5.41) is 6.65. The number of thiophene rings is 1. The molecule has 4 aromatic rings. The van der Waals surface area contributed by atoms with Crippen LogP contribution >= 0.6 is 11.3 Å². The number of amides is 1. The molecular weight excluding hydrogens is 430 g/mol. The Morgan fingerprint density at radius 1 is 1.15 bits per heavy atom. The molecule has 0 bridgehead atoms. The molecule has 0 saturated heterocycles. The molecule has 0 saturated carbocycles. The van der Waals surface area contributed by atoms with Crippen molar-refractivity contribution in [2.45, 2.75) is 38.6 Å². The van der Waals surface area contributed by atoms with Gasteiger partial charge in [-0.1, -0.05) is 36.4 Å². The van der Waals surface area contributed by atoms with Gasteiger partial charge >= 0.3 is 0 Å². The Labute approximate surface area is 197 Å². The van der Waals surface area contributed by atoms with Crippen molar-refractivity contribution < 1.29 is 4.79 Å². The number of aromatic nitrogens is 2. The molecule has 1 aliphatic carbocycles. The van der Waals surface area contributed by atoms with Crippen LogP contribution in [0.5, 0.6) is 0 Å². The van der Waals surface area contributed by atoms with E-state index >= 15 is 0 Å². The van der Waals surface area contributed by atoms with Gasteiger partial charge < -0.3 is 16.4 Å². The van der Waals surface area contributed by atoms with Crippen LogP contribution < -0.4 is 16.4 Å². The fourth-order valence-electron chi connectivity index (χ4n) is 4.36. The second-order valence-corrected chi connectivity index (χ2v) is 9.56. The number of benzene rings is 2. The summed E-state index contributed by atoms with van der Waals surface area (Å²) in [5.74, 6) is -0.175. The highest BCUT2D eigenvalue weighted by molar-refractivity contribution is 7.21. The molecule has 1 atom stereocenters. The second kappa shape index (κ2) is 9.19. The molecule has 1 aliphatic rings. The minimum atomic E-state index is -0.175. The molecule has 4 N–H and O–H groups in total. The van der Waals surface area contributed by atoms with E-state index in [1.807, 2.05) is 6.92 Å². The molecule has 1 unspecified atom stereocenters. The predicted octanol–water partition coefficient (Wildman–Crippen LogP) is 4.52. The summed E-state index contributed by atoms with van der Waals surface area (Å²) in [6.07, 6.45) is 5.76. The fourth-order valence-corrected chi connectivity index (χ4v) is 5.38. The number of rotatable bonds is 6. The third kappa shape index (κ3) is 4.68. The van der Waals surface area contributed by atoms with E-state index in [9.17, 15) is 4.79 Å². The maximum absolute atomic E-state index is 12.6. The molecule has 0 fully saturated rings. The van der Waals surface area contributed by atoms with E-state index in [1.54, 1.807) is 6.20 Å². The van der Waals surface area contributed by atoms with Crippen LogP contribution in [0, 0.1) is 6.92 Å². The van der Waals surface area contributed by atoms with Crippen LogP contribution in [-0.2, 0) is 19.3 Å². The number of nitrogens with one attached hydrogen (secondary N) is 2. The minimum Gasteiger partial charge on any atom is -0.396 e. The fraction of sp³-hybridized carbons (Fsp3) is 0.269. The molecule has 6 nitrogen and oxygen atoms in total. The van der Waals surface area contributed by atoms with E-state index in [1.165, 1.54) is 28.0 Å². The third-order valence-electron chi connectivity index (χ3n) is 6.14. The van der Waals surface area contributed by atoms with Crippen molar-refractivity contribution in [1.82, 2.24) is 15.3 Å². The molecule has 0 radical (unpaired) electrons. The summed E-state index contributed by atoms with van der Waals surface area (Å²) in [7, 11) is 0. The Bertz CT molecular complexity index is 1300. The van der Waals surface area contributed by atoms with Crippen LogP contribution in [0.15, 0.2) is 54.7 Å². The van der Waals surface area contributed by atoms with E-state index in [0.29, 0.717) is 33.5 Å². The van der Waals surface area contributed by atoms with Gasteiger partial charge in [0.05, 0.1) is 11.4 Å². The Morgan fingerprint density at radius 3 is 2.76 bits per heavy atom. The van der Waals surface area contributed by atoms with E-state index < -0.39 is 0 Å². The number of nitrogens with two attached hydrogens (primary N) is 1. The van der Waals surface area contributed by atoms with Gasteiger partial charge in [-0.05, 0) is 61.4 Å². The van der Waals surface area contributed by atoms with Gasteiger partial charge in [0.1, 0.15) is 15.2 Å². The first-order valence-electron chi connectivity index (χ1n) is 11.3. The van der Waals surface area contributed by atoms with Crippen molar-refractivity contribution >= 4 is 39.0 Å². The number of carbonyl (C=O) groups is 1. The maximum atomic E-state index is 12.6. The molecule has 5 rings (SSSR count). The lowest BCUT2D eigenvalue weighted by Crippen LogP contribution is -2.27. The molecule has 168 valence electrons. The zero-order chi connectivity index (χ0) is 22.8. The predicted molar refractivity (Wildman–Crippen MR) is 135 cm³/mol. The van der Waals surface area contributed by atoms with E-state index in [-0.39, 0.29) is 5.91 Å². The highest BCUT2D eigenvalue weighted by atomic mass is 32.1. The van der Waals surface area contributed by atoms with Crippen LogP contribution in [0.25, 0.3) is 10.3 Å². The maximum Gasteiger partial charge on any atom is 0.263 e. The van der Waals surface area contributed by atoms with E-state index in [0.717, 1.165) is 37.1 Å². The van der Waals surface area contributed by atoms with E-state index in [2.05, 4.69) is 69.1 Å². The largest absolute Gasteiger partial charge is 0.396 e. The van der Waals surface area contributed by atoms with E-state index in [4.69, 9.17) is 5.73 Å². The molecule has 7 heteroatoms. The van der Waals surface area contributed by atoms with Gasteiger partial charge in [0.25, 0.3) is 5.91 Å². The lowest BCUT2D eigenvalue weighted by Gasteiger charge is -2.26. The first-order chi connectivity index (χ1) is 16.1. The number of anilines is 2. The topological polar surface area (TPSA) is 92.9 Å². The number of fused-ring (bicyclic) bond motifs is 2. The molecule has 1 amide bonds. The summed E-state index contributed by atoms with van der Waals surface area (Å²) in [6, 6.07) is 17.7. The normalized spacial score (nSPS) is 15.2. The molecule has 33 heavy (non-hydrogen) atoms. The van der Waals surface area contributed by atoms with Crippen molar-refractivity contribution in [2.24, 2.45) is 0 Å².